The molecule has 2 aromatic carbocycles. The highest BCUT2D eigenvalue weighted by molar-refractivity contribution is 5.43. The minimum Gasteiger partial charge on any atom is -0.493 e. The highest BCUT2D eigenvalue weighted by Gasteiger charge is 2.35. The van der Waals surface area contributed by atoms with Crippen LogP contribution in [0, 0.1) is 20.8 Å². The van der Waals surface area contributed by atoms with Crippen molar-refractivity contribution in [3.8, 4) is 17.2 Å². The lowest BCUT2D eigenvalue weighted by atomic mass is 9.91. The molecule has 37 heavy (non-hydrogen) atoms. The second kappa shape index (κ2) is 12.5. The molecule has 1 saturated heterocycles. The Labute approximate surface area is 221 Å². The average molecular weight is 508 g/mol. The van der Waals surface area contributed by atoms with Crippen LogP contribution in [0.2, 0.25) is 0 Å². The van der Waals surface area contributed by atoms with Crippen LogP contribution in [0.25, 0.3) is 0 Å². The number of aryl methyl sites for hydroxylation is 4. The van der Waals surface area contributed by atoms with E-state index in [2.05, 4.69) is 58.6 Å². The van der Waals surface area contributed by atoms with Gasteiger partial charge in [-0.2, -0.15) is 0 Å². The summed E-state index contributed by atoms with van der Waals surface area (Å²) in [5, 5.41) is 0. The van der Waals surface area contributed by atoms with Crippen molar-refractivity contribution in [2.75, 3.05) is 40.5 Å². The van der Waals surface area contributed by atoms with Gasteiger partial charge >= 0.3 is 0 Å². The normalized spacial score (nSPS) is 15.5. The number of hydrogen-bond donors (Lipinski definition) is 0. The zero-order chi connectivity index (χ0) is 26.3. The molecule has 0 radical (unpaired) electrons. The second-order valence-electron chi connectivity index (χ2n) is 10.1. The maximum atomic E-state index is 6.21. The van der Waals surface area contributed by atoms with Crippen LogP contribution in [0.4, 0.5) is 0 Å². The van der Waals surface area contributed by atoms with Gasteiger partial charge in [-0.1, -0.05) is 23.8 Å². The number of rotatable bonds is 12. The van der Waals surface area contributed by atoms with Crippen LogP contribution in [0.3, 0.4) is 0 Å². The van der Waals surface area contributed by atoms with Gasteiger partial charge in [0.25, 0.3) is 0 Å². The second-order valence-corrected chi connectivity index (χ2v) is 10.1. The lowest BCUT2D eigenvalue weighted by Crippen LogP contribution is -2.48. The first-order valence-electron chi connectivity index (χ1n) is 13.2. The Hall–Kier alpha value is -3.03. The molecule has 0 unspecified atom stereocenters. The van der Waals surface area contributed by atoms with E-state index < -0.39 is 0 Å². The van der Waals surface area contributed by atoms with Gasteiger partial charge in [-0.15, -0.1) is 0 Å². The maximum Gasteiger partial charge on any atom is 0.161 e. The topological polar surface area (TPSA) is 58.0 Å². The highest BCUT2D eigenvalue weighted by atomic mass is 16.5. The number of methoxy groups -OCH3 is 2. The average Bonchev–Trinajstić information content (AvgIpc) is 3.32. The van der Waals surface area contributed by atoms with Crippen molar-refractivity contribution in [3.05, 3.63) is 71.3 Å². The minimum atomic E-state index is -0.252. The van der Waals surface area contributed by atoms with Crippen LogP contribution in [-0.2, 0) is 17.8 Å². The molecule has 1 aliphatic rings. The summed E-state index contributed by atoms with van der Waals surface area (Å²) in [7, 11) is 3.51. The molecule has 1 fully saturated rings. The number of imidazole rings is 1. The van der Waals surface area contributed by atoms with Gasteiger partial charge in [-0.3, -0.25) is 4.90 Å². The molecule has 0 spiro atoms. The molecule has 1 aromatic heterocycles. The number of hydrogen-bond acceptors (Lipinski definition) is 6. The summed E-state index contributed by atoms with van der Waals surface area (Å²) in [6, 6.07) is 12.6. The molecule has 0 aliphatic carbocycles. The first kappa shape index (κ1) is 27.0. The molecule has 7 heteroatoms. The van der Waals surface area contributed by atoms with Crippen LogP contribution < -0.4 is 14.2 Å². The fourth-order valence-electron chi connectivity index (χ4n) is 4.94. The number of nitrogens with zero attached hydrogens (tertiary/aromatic N) is 3. The van der Waals surface area contributed by atoms with E-state index in [4.69, 9.17) is 18.9 Å². The number of likely N-dealkylation sites (tertiary alicyclic amines) is 1. The van der Waals surface area contributed by atoms with Gasteiger partial charge in [0.05, 0.1) is 13.7 Å². The number of piperidine rings is 1. The van der Waals surface area contributed by atoms with Gasteiger partial charge in [0.2, 0.25) is 0 Å². The van der Waals surface area contributed by atoms with Gasteiger partial charge in [0.1, 0.15) is 23.8 Å². The predicted molar refractivity (Wildman–Crippen MR) is 146 cm³/mol. The Kier molecular flexibility index (Phi) is 9.11. The summed E-state index contributed by atoms with van der Waals surface area (Å²) in [6.45, 7) is 11.1. The third-order valence-electron chi connectivity index (χ3n) is 7.38. The summed E-state index contributed by atoms with van der Waals surface area (Å²) in [6.07, 6.45) is 6.60. The molecular weight excluding hydrogens is 466 g/mol. The van der Waals surface area contributed by atoms with E-state index in [1.807, 2.05) is 25.4 Å². The van der Waals surface area contributed by atoms with Crippen molar-refractivity contribution < 1.29 is 18.9 Å². The number of aromatic nitrogens is 2. The zero-order valence-electron chi connectivity index (χ0n) is 23.0. The van der Waals surface area contributed by atoms with Crippen molar-refractivity contribution >= 4 is 0 Å². The molecule has 0 atom stereocenters. The van der Waals surface area contributed by atoms with Gasteiger partial charge in [-0.25, -0.2) is 4.98 Å². The van der Waals surface area contributed by atoms with Crippen LogP contribution >= 0.6 is 0 Å². The van der Waals surface area contributed by atoms with Crippen molar-refractivity contribution in [1.29, 1.82) is 0 Å². The third-order valence-corrected chi connectivity index (χ3v) is 7.38. The number of benzene rings is 2. The van der Waals surface area contributed by atoms with E-state index >= 15 is 0 Å². The van der Waals surface area contributed by atoms with Crippen molar-refractivity contribution in [1.82, 2.24) is 14.5 Å². The van der Waals surface area contributed by atoms with Gasteiger partial charge in [-0.05, 0) is 69.4 Å². The van der Waals surface area contributed by atoms with Crippen molar-refractivity contribution in [3.63, 3.8) is 0 Å². The fourth-order valence-corrected chi connectivity index (χ4v) is 4.94. The lowest BCUT2D eigenvalue weighted by Gasteiger charge is -2.40. The molecule has 1 aliphatic heterocycles. The summed E-state index contributed by atoms with van der Waals surface area (Å²) >= 11 is 0. The van der Waals surface area contributed by atoms with E-state index in [9.17, 15) is 0 Å². The Morgan fingerprint density at radius 2 is 1.70 bits per heavy atom. The van der Waals surface area contributed by atoms with Crippen LogP contribution in [0.1, 0.15) is 41.8 Å². The van der Waals surface area contributed by atoms with Crippen LogP contribution in [0.5, 0.6) is 17.2 Å². The molecule has 3 aromatic rings. The minimum absolute atomic E-state index is 0.252. The molecule has 0 N–H and O–H groups in total. The van der Waals surface area contributed by atoms with Gasteiger partial charge in [0, 0.05) is 45.7 Å². The summed E-state index contributed by atoms with van der Waals surface area (Å²) < 4.78 is 26.0. The first-order valence-corrected chi connectivity index (χ1v) is 13.2. The fraction of sp³-hybridized carbons (Fsp3) is 0.500. The predicted octanol–water partition coefficient (Wildman–Crippen LogP) is 5.35. The highest BCUT2D eigenvalue weighted by Crippen LogP contribution is 2.32. The van der Waals surface area contributed by atoms with Crippen LogP contribution in [-0.4, -0.2) is 60.6 Å². The van der Waals surface area contributed by atoms with Crippen LogP contribution in [0.15, 0.2) is 48.8 Å². The Bertz CT molecular complexity index is 1150. The lowest BCUT2D eigenvalue weighted by molar-refractivity contribution is -0.0840. The van der Waals surface area contributed by atoms with Crippen molar-refractivity contribution in [2.45, 2.75) is 58.7 Å². The van der Waals surface area contributed by atoms with E-state index in [1.165, 1.54) is 16.7 Å². The van der Waals surface area contributed by atoms with Gasteiger partial charge < -0.3 is 23.5 Å². The zero-order valence-corrected chi connectivity index (χ0v) is 23.0. The molecule has 0 bridgehead atoms. The third kappa shape index (κ3) is 7.05. The SMILES string of the molecule is COc1cc(CN2CCC(COc3ccc(C)cc3C)(OC)CC2)ccc1OCCCn1ccnc1C. The standard InChI is InChI=1S/C30H41N3O4/c1-23-7-9-27(24(2)19-23)37-22-30(35-5)11-15-32(16-12-30)21-26-8-10-28(29(20-26)34-4)36-18-6-14-33-17-13-31-25(33)3/h7-10,13,17,19-20H,6,11-12,14-16,18,21-22H2,1-5H3. The molecule has 200 valence electrons. The Morgan fingerprint density at radius 1 is 0.919 bits per heavy atom. The maximum absolute atomic E-state index is 6.21. The van der Waals surface area contributed by atoms with E-state index in [0.29, 0.717) is 13.2 Å². The molecule has 7 nitrogen and oxygen atoms in total. The molecule has 0 saturated carbocycles. The van der Waals surface area contributed by atoms with E-state index in [1.54, 1.807) is 14.2 Å². The smallest absolute Gasteiger partial charge is 0.161 e. The summed E-state index contributed by atoms with van der Waals surface area (Å²) in [5.41, 5.74) is 3.38. The van der Waals surface area contributed by atoms with Crippen molar-refractivity contribution in [2.24, 2.45) is 0 Å². The molecular formula is C30H41N3O4. The van der Waals surface area contributed by atoms with Gasteiger partial charge in [0.15, 0.2) is 11.5 Å². The van der Waals surface area contributed by atoms with E-state index in [-0.39, 0.29) is 5.60 Å². The summed E-state index contributed by atoms with van der Waals surface area (Å²) in [5.74, 6) is 3.53. The van der Waals surface area contributed by atoms with E-state index in [0.717, 1.165) is 68.5 Å². The summed E-state index contributed by atoms with van der Waals surface area (Å²) in [4.78, 5) is 6.73. The first-order chi connectivity index (χ1) is 17.9. The largest absolute Gasteiger partial charge is 0.493 e. The monoisotopic (exact) mass is 507 g/mol. The Morgan fingerprint density at radius 3 is 2.38 bits per heavy atom. The molecule has 4 rings (SSSR count). The quantitative estimate of drug-likeness (QED) is 0.308. The molecule has 0 amide bonds. The number of ether oxygens (including phenoxy) is 4. The Balaban J connectivity index is 1.26. The molecule has 2 heterocycles.